The number of carbonyl (C=O) groups excluding carboxylic acids is 1. The molecule has 0 atom stereocenters. The van der Waals surface area contributed by atoms with E-state index in [1.54, 1.807) is 30.0 Å². The summed E-state index contributed by atoms with van der Waals surface area (Å²) in [5, 5.41) is 9.03. The maximum atomic E-state index is 12.8. The normalized spacial score (nSPS) is 10.5. The van der Waals surface area contributed by atoms with Gasteiger partial charge in [0.15, 0.2) is 0 Å². The van der Waals surface area contributed by atoms with Crippen molar-refractivity contribution in [3.8, 4) is 17.0 Å². The zero-order valence-corrected chi connectivity index (χ0v) is 16.8. The second-order valence-electron chi connectivity index (χ2n) is 6.09. The number of aryl methyl sites for hydroxylation is 1. The number of nitrogens with one attached hydrogen (secondary N) is 1. The highest BCUT2D eigenvalue weighted by Gasteiger charge is 2.16. The Bertz CT molecular complexity index is 996. The van der Waals surface area contributed by atoms with Crippen LogP contribution in [0.25, 0.3) is 11.3 Å². The van der Waals surface area contributed by atoms with E-state index in [1.807, 2.05) is 42.5 Å². The fraction of sp³-hybridized carbons (Fsp3) is 0.143. The van der Waals surface area contributed by atoms with Crippen LogP contribution in [0.3, 0.4) is 0 Å². The van der Waals surface area contributed by atoms with Gasteiger partial charge < -0.3 is 9.84 Å². The lowest BCUT2D eigenvalue weighted by Crippen LogP contribution is -2.25. The van der Waals surface area contributed by atoms with Crippen LogP contribution in [0.2, 0.25) is 0 Å². The van der Waals surface area contributed by atoms with Gasteiger partial charge in [0.25, 0.3) is 5.91 Å². The molecule has 0 spiro atoms. The molecule has 0 saturated carbocycles. The smallest absolute Gasteiger partial charge is 0.303 e. The van der Waals surface area contributed by atoms with Crippen molar-refractivity contribution in [1.82, 2.24) is 4.68 Å². The molecule has 0 bridgehead atoms. The molecule has 1 aromatic heterocycles. The number of aliphatic carboxylic acids is 1. The van der Waals surface area contributed by atoms with E-state index in [-0.39, 0.29) is 12.3 Å². The maximum absolute atomic E-state index is 12.8. The molecular formula is C21H19BrN2O4. The second-order valence-corrected chi connectivity index (χ2v) is 6.94. The van der Waals surface area contributed by atoms with Crippen LogP contribution >= 0.6 is 15.9 Å². The molecule has 0 unspecified atom stereocenters. The highest BCUT2D eigenvalue weighted by Crippen LogP contribution is 2.25. The lowest BCUT2D eigenvalue weighted by atomic mass is 10.1. The number of amides is 1. The number of aromatic nitrogens is 1. The number of carboxylic acids is 1. The van der Waals surface area contributed by atoms with Gasteiger partial charge in [-0.25, -0.2) is 0 Å². The summed E-state index contributed by atoms with van der Waals surface area (Å²) in [4.78, 5) is 23.8. The van der Waals surface area contributed by atoms with Gasteiger partial charge in [-0.15, -0.1) is 0 Å². The first kappa shape index (κ1) is 19.7. The van der Waals surface area contributed by atoms with Crippen LogP contribution in [-0.4, -0.2) is 28.8 Å². The number of halogens is 1. The largest absolute Gasteiger partial charge is 0.497 e. The van der Waals surface area contributed by atoms with Gasteiger partial charge in [-0.2, -0.15) is 0 Å². The van der Waals surface area contributed by atoms with Crippen LogP contribution in [0.15, 0.2) is 65.1 Å². The molecule has 1 amide bonds. The third-order valence-corrected chi connectivity index (χ3v) is 4.97. The summed E-state index contributed by atoms with van der Waals surface area (Å²) in [5.74, 6) is -0.462. The van der Waals surface area contributed by atoms with Gasteiger partial charge in [-0.3, -0.25) is 19.7 Å². The van der Waals surface area contributed by atoms with Gasteiger partial charge in [-0.1, -0.05) is 12.1 Å². The molecule has 0 aliphatic heterocycles. The van der Waals surface area contributed by atoms with Crippen molar-refractivity contribution in [2.45, 2.75) is 12.8 Å². The van der Waals surface area contributed by atoms with Gasteiger partial charge in [0.05, 0.1) is 24.8 Å². The molecule has 3 aromatic rings. The van der Waals surface area contributed by atoms with Gasteiger partial charge in [0.2, 0.25) is 0 Å². The lowest BCUT2D eigenvalue weighted by molar-refractivity contribution is -0.136. The Morgan fingerprint density at radius 3 is 2.43 bits per heavy atom. The summed E-state index contributed by atoms with van der Waals surface area (Å²) in [6.45, 7) is 0. The van der Waals surface area contributed by atoms with Crippen LogP contribution < -0.4 is 10.2 Å². The molecule has 7 heteroatoms. The van der Waals surface area contributed by atoms with E-state index >= 15 is 0 Å². The Labute approximate surface area is 170 Å². The average molecular weight is 443 g/mol. The monoisotopic (exact) mass is 442 g/mol. The Morgan fingerprint density at radius 2 is 1.79 bits per heavy atom. The number of carbonyl (C=O) groups is 2. The summed E-state index contributed by atoms with van der Waals surface area (Å²) in [6.07, 6.45) is 0.263. The fourth-order valence-electron chi connectivity index (χ4n) is 2.84. The second kappa shape index (κ2) is 8.75. The molecule has 0 fully saturated rings. The van der Waals surface area contributed by atoms with Crippen LogP contribution in [-0.2, 0) is 11.2 Å². The van der Waals surface area contributed by atoms with Crippen LogP contribution in [0, 0.1) is 0 Å². The zero-order chi connectivity index (χ0) is 20.1. The summed E-state index contributed by atoms with van der Waals surface area (Å²) in [6, 6.07) is 18.2. The maximum Gasteiger partial charge on any atom is 0.303 e. The minimum Gasteiger partial charge on any atom is -0.497 e. The van der Waals surface area contributed by atoms with E-state index in [2.05, 4.69) is 21.4 Å². The number of carboxylic acid groups (broad SMARTS) is 1. The molecule has 1 heterocycles. The van der Waals surface area contributed by atoms with Crippen LogP contribution in [0.1, 0.15) is 22.5 Å². The molecule has 2 aromatic carbocycles. The SMILES string of the molecule is COc1ccc(-c2ccc(CCC(=O)O)n2NC(=O)c2ccccc2Br)cc1. The van der Waals surface area contributed by atoms with E-state index in [0.29, 0.717) is 22.2 Å². The summed E-state index contributed by atoms with van der Waals surface area (Å²) in [5.41, 5.74) is 5.70. The molecule has 28 heavy (non-hydrogen) atoms. The molecule has 2 N–H and O–H groups in total. The van der Waals surface area contributed by atoms with E-state index < -0.39 is 5.97 Å². The standard InChI is InChI=1S/C21H19BrN2O4/c1-28-16-10-6-14(7-11-16)19-12-8-15(9-13-20(25)26)24(19)23-21(27)17-4-2-3-5-18(17)22/h2-8,10-12H,9,13H2,1H3,(H,23,27)(H,25,26). The van der Waals surface area contributed by atoms with Gasteiger partial charge in [-0.05, 0) is 64.5 Å². The van der Waals surface area contributed by atoms with Gasteiger partial charge in [0, 0.05) is 22.2 Å². The van der Waals surface area contributed by atoms with E-state index in [0.717, 1.165) is 17.0 Å². The minimum atomic E-state index is -0.893. The van der Waals surface area contributed by atoms with Crippen molar-refractivity contribution < 1.29 is 19.4 Å². The third kappa shape index (κ3) is 4.43. The predicted molar refractivity (Wildman–Crippen MR) is 110 cm³/mol. The molecular weight excluding hydrogens is 424 g/mol. The Morgan fingerprint density at radius 1 is 1.07 bits per heavy atom. The molecule has 3 rings (SSSR count). The molecule has 0 aliphatic carbocycles. The molecule has 0 aliphatic rings. The number of ether oxygens (including phenoxy) is 1. The Balaban J connectivity index is 1.97. The fourth-order valence-corrected chi connectivity index (χ4v) is 3.30. The molecule has 0 saturated heterocycles. The van der Waals surface area contributed by atoms with Crippen molar-refractivity contribution in [3.63, 3.8) is 0 Å². The van der Waals surface area contributed by atoms with Crippen molar-refractivity contribution >= 4 is 27.8 Å². The highest BCUT2D eigenvalue weighted by molar-refractivity contribution is 9.10. The zero-order valence-electron chi connectivity index (χ0n) is 15.2. The number of rotatable bonds is 7. The molecule has 0 radical (unpaired) electrons. The summed E-state index contributed by atoms with van der Waals surface area (Å²) >= 11 is 3.39. The van der Waals surface area contributed by atoms with Crippen LogP contribution in [0.5, 0.6) is 5.75 Å². The summed E-state index contributed by atoms with van der Waals surface area (Å²) in [7, 11) is 1.60. The van der Waals surface area contributed by atoms with E-state index in [4.69, 9.17) is 9.84 Å². The Kier molecular flexibility index (Phi) is 6.16. The van der Waals surface area contributed by atoms with E-state index in [1.165, 1.54) is 0 Å². The first-order valence-corrected chi connectivity index (χ1v) is 9.41. The lowest BCUT2D eigenvalue weighted by Gasteiger charge is -2.16. The van der Waals surface area contributed by atoms with E-state index in [9.17, 15) is 9.59 Å². The quantitative estimate of drug-likeness (QED) is 0.570. The minimum absolute atomic E-state index is 0.0308. The summed E-state index contributed by atoms with van der Waals surface area (Å²) < 4.78 is 7.52. The number of benzene rings is 2. The van der Waals surface area contributed by atoms with Crippen molar-refractivity contribution in [2.75, 3.05) is 12.5 Å². The van der Waals surface area contributed by atoms with Crippen LogP contribution in [0.4, 0.5) is 0 Å². The number of nitrogens with zero attached hydrogens (tertiary/aromatic N) is 1. The predicted octanol–water partition coefficient (Wildman–Crippen LogP) is 4.33. The highest BCUT2D eigenvalue weighted by atomic mass is 79.9. The third-order valence-electron chi connectivity index (χ3n) is 4.27. The molecule has 144 valence electrons. The van der Waals surface area contributed by atoms with Gasteiger partial charge >= 0.3 is 5.97 Å². The number of methoxy groups -OCH3 is 1. The Hall–Kier alpha value is -3.06. The van der Waals surface area contributed by atoms with Crippen molar-refractivity contribution in [3.05, 3.63) is 76.4 Å². The van der Waals surface area contributed by atoms with Crippen molar-refractivity contribution in [1.29, 1.82) is 0 Å². The average Bonchev–Trinajstić information content (AvgIpc) is 3.09. The number of hydrogen-bond acceptors (Lipinski definition) is 3. The molecule has 6 nitrogen and oxygen atoms in total. The van der Waals surface area contributed by atoms with Crippen molar-refractivity contribution in [2.24, 2.45) is 0 Å². The first-order valence-electron chi connectivity index (χ1n) is 8.62. The number of hydrogen-bond donors (Lipinski definition) is 2. The topological polar surface area (TPSA) is 80.6 Å². The van der Waals surface area contributed by atoms with Gasteiger partial charge in [0.1, 0.15) is 5.75 Å². The first-order chi connectivity index (χ1) is 13.5.